The van der Waals surface area contributed by atoms with Crippen LogP contribution in [0.2, 0.25) is 0 Å². The number of rotatable bonds is 2. The van der Waals surface area contributed by atoms with E-state index in [9.17, 15) is 5.11 Å². The summed E-state index contributed by atoms with van der Waals surface area (Å²) in [5.74, 6) is 2.45. The van der Waals surface area contributed by atoms with Crippen molar-refractivity contribution in [3.63, 3.8) is 0 Å². The van der Waals surface area contributed by atoms with Gasteiger partial charge in [0.1, 0.15) is 5.60 Å². The zero-order valence-electron chi connectivity index (χ0n) is 11.6. The third kappa shape index (κ3) is 2.67. The zero-order chi connectivity index (χ0) is 13.3. The Bertz CT molecular complexity index is 418. The van der Waals surface area contributed by atoms with Crippen LogP contribution in [0.1, 0.15) is 63.1 Å². The molecule has 106 valence electrons. The molecule has 0 atom stereocenters. The second-order valence-electron chi connectivity index (χ2n) is 6.20. The molecule has 0 unspecified atom stereocenters. The molecule has 3 rings (SSSR count). The van der Waals surface area contributed by atoms with Crippen LogP contribution in [0.25, 0.3) is 0 Å². The Balaban J connectivity index is 1.72. The average Bonchev–Trinajstić information content (AvgIpc) is 2.91. The predicted molar refractivity (Wildman–Crippen MR) is 70.7 cm³/mol. The van der Waals surface area contributed by atoms with Crippen molar-refractivity contribution in [1.82, 2.24) is 15.5 Å². The maximum atomic E-state index is 10.6. The van der Waals surface area contributed by atoms with E-state index >= 15 is 0 Å². The zero-order valence-corrected chi connectivity index (χ0v) is 11.6. The molecule has 2 fully saturated rings. The van der Waals surface area contributed by atoms with Gasteiger partial charge in [0.05, 0.1) is 0 Å². The van der Waals surface area contributed by atoms with Crippen molar-refractivity contribution in [2.75, 3.05) is 13.1 Å². The van der Waals surface area contributed by atoms with Gasteiger partial charge in [0.25, 0.3) is 5.89 Å². The highest BCUT2D eigenvalue weighted by atomic mass is 16.5. The molecule has 1 aliphatic heterocycles. The molecular formula is C14H23N3O2. The molecule has 1 aliphatic carbocycles. The lowest BCUT2D eigenvalue weighted by Crippen LogP contribution is -2.40. The standard InChI is InChI=1S/C14H23N3O2/c1-10-2-4-11(5-3-10)12-16-13(19-17-12)14(18)6-8-15-9-7-14/h10-11,15,18H,2-9H2,1H3. The van der Waals surface area contributed by atoms with Gasteiger partial charge in [-0.1, -0.05) is 24.9 Å². The summed E-state index contributed by atoms with van der Waals surface area (Å²) in [6.45, 7) is 3.90. The van der Waals surface area contributed by atoms with Crippen LogP contribution in [0.15, 0.2) is 4.52 Å². The molecule has 19 heavy (non-hydrogen) atoms. The van der Waals surface area contributed by atoms with Gasteiger partial charge in [-0.3, -0.25) is 0 Å². The highest BCUT2D eigenvalue weighted by molar-refractivity contribution is 5.04. The highest BCUT2D eigenvalue weighted by Gasteiger charge is 2.37. The van der Waals surface area contributed by atoms with Crippen molar-refractivity contribution in [3.05, 3.63) is 11.7 Å². The Labute approximate surface area is 113 Å². The normalized spacial score (nSPS) is 31.3. The van der Waals surface area contributed by atoms with Gasteiger partial charge < -0.3 is 14.9 Å². The van der Waals surface area contributed by atoms with Gasteiger partial charge in [0.2, 0.25) is 0 Å². The molecule has 0 radical (unpaired) electrons. The van der Waals surface area contributed by atoms with Gasteiger partial charge in [0.15, 0.2) is 5.82 Å². The van der Waals surface area contributed by atoms with Crippen LogP contribution in [0, 0.1) is 5.92 Å². The van der Waals surface area contributed by atoms with Crippen LogP contribution in [-0.4, -0.2) is 28.3 Å². The minimum atomic E-state index is -0.918. The summed E-state index contributed by atoms with van der Waals surface area (Å²) in [6, 6.07) is 0. The van der Waals surface area contributed by atoms with E-state index in [0.717, 1.165) is 37.7 Å². The largest absolute Gasteiger partial charge is 0.380 e. The molecule has 5 heteroatoms. The van der Waals surface area contributed by atoms with E-state index in [-0.39, 0.29) is 0 Å². The van der Waals surface area contributed by atoms with Gasteiger partial charge in [-0.25, -0.2) is 0 Å². The van der Waals surface area contributed by atoms with E-state index < -0.39 is 5.60 Å². The van der Waals surface area contributed by atoms with E-state index in [2.05, 4.69) is 22.4 Å². The first-order chi connectivity index (χ1) is 9.17. The number of aromatic nitrogens is 2. The Hall–Kier alpha value is -0.940. The monoisotopic (exact) mass is 265 g/mol. The van der Waals surface area contributed by atoms with Gasteiger partial charge in [-0.15, -0.1) is 0 Å². The first-order valence-corrected chi connectivity index (χ1v) is 7.44. The SMILES string of the molecule is CC1CCC(c2noc(C3(O)CCNCC3)n2)CC1. The first kappa shape index (κ1) is 13.1. The van der Waals surface area contributed by atoms with Crippen LogP contribution in [-0.2, 0) is 5.60 Å². The topological polar surface area (TPSA) is 71.2 Å². The fourth-order valence-electron chi connectivity index (χ4n) is 3.16. The summed E-state index contributed by atoms with van der Waals surface area (Å²) >= 11 is 0. The second-order valence-corrected chi connectivity index (χ2v) is 6.20. The lowest BCUT2D eigenvalue weighted by Gasteiger charge is -2.28. The quantitative estimate of drug-likeness (QED) is 0.855. The third-order valence-corrected chi connectivity index (χ3v) is 4.65. The molecular weight excluding hydrogens is 242 g/mol. The molecule has 0 bridgehead atoms. The van der Waals surface area contributed by atoms with Crippen molar-refractivity contribution in [3.8, 4) is 0 Å². The molecule has 1 saturated heterocycles. The molecule has 5 nitrogen and oxygen atoms in total. The highest BCUT2D eigenvalue weighted by Crippen LogP contribution is 2.36. The van der Waals surface area contributed by atoms with Crippen LogP contribution in [0.5, 0.6) is 0 Å². The lowest BCUT2D eigenvalue weighted by atomic mass is 9.82. The van der Waals surface area contributed by atoms with E-state index in [1.807, 2.05) is 0 Å². The Kier molecular flexibility index (Phi) is 3.58. The van der Waals surface area contributed by atoms with Crippen molar-refractivity contribution in [2.45, 2.75) is 57.0 Å². The van der Waals surface area contributed by atoms with Crippen LogP contribution in [0.3, 0.4) is 0 Å². The minimum absolute atomic E-state index is 0.416. The molecule has 0 spiro atoms. The van der Waals surface area contributed by atoms with Crippen LogP contribution >= 0.6 is 0 Å². The average molecular weight is 265 g/mol. The number of aliphatic hydroxyl groups is 1. The van der Waals surface area contributed by atoms with Crippen molar-refractivity contribution < 1.29 is 9.63 Å². The van der Waals surface area contributed by atoms with Gasteiger partial charge in [0, 0.05) is 5.92 Å². The maximum Gasteiger partial charge on any atom is 0.258 e. The number of nitrogens with one attached hydrogen (secondary N) is 1. The summed E-state index contributed by atoms with van der Waals surface area (Å²) in [5, 5.41) is 17.9. The second kappa shape index (κ2) is 5.21. The number of nitrogens with zero attached hydrogens (tertiary/aromatic N) is 2. The number of hydrogen-bond donors (Lipinski definition) is 2. The van der Waals surface area contributed by atoms with Gasteiger partial charge in [-0.05, 0) is 44.7 Å². The fourth-order valence-corrected chi connectivity index (χ4v) is 3.16. The molecule has 2 aliphatic rings. The van der Waals surface area contributed by atoms with Crippen LogP contribution < -0.4 is 5.32 Å². The number of piperidine rings is 1. The third-order valence-electron chi connectivity index (χ3n) is 4.65. The Morgan fingerprint density at radius 1 is 1.21 bits per heavy atom. The van der Waals surface area contributed by atoms with E-state index in [4.69, 9.17) is 4.52 Å². The van der Waals surface area contributed by atoms with E-state index in [1.165, 1.54) is 12.8 Å². The van der Waals surface area contributed by atoms with Crippen molar-refractivity contribution in [2.24, 2.45) is 5.92 Å². The molecule has 2 N–H and O–H groups in total. The molecule has 0 amide bonds. The summed E-state index contributed by atoms with van der Waals surface area (Å²) in [7, 11) is 0. The molecule has 0 aromatic carbocycles. The first-order valence-electron chi connectivity index (χ1n) is 7.44. The Morgan fingerprint density at radius 2 is 1.89 bits per heavy atom. The molecule has 1 aromatic rings. The summed E-state index contributed by atoms with van der Waals surface area (Å²) in [5.41, 5.74) is -0.918. The van der Waals surface area contributed by atoms with E-state index in [0.29, 0.717) is 24.7 Å². The number of hydrogen-bond acceptors (Lipinski definition) is 5. The van der Waals surface area contributed by atoms with Crippen molar-refractivity contribution in [1.29, 1.82) is 0 Å². The fraction of sp³-hybridized carbons (Fsp3) is 0.857. The summed E-state index contributed by atoms with van der Waals surface area (Å²) in [6.07, 6.45) is 6.05. The minimum Gasteiger partial charge on any atom is -0.380 e. The van der Waals surface area contributed by atoms with Gasteiger partial charge >= 0.3 is 0 Å². The van der Waals surface area contributed by atoms with Crippen LogP contribution in [0.4, 0.5) is 0 Å². The maximum absolute atomic E-state index is 10.6. The lowest BCUT2D eigenvalue weighted by molar-refractivity contribution is -0.0228. The molecule has 2 heterocycles. The van der Waals surface area contributed by atoms with E-state index in [1.54, 1.807) is 0 Å². The van der Waals surface area contributed by atoms with Crippen molar-refractivity contribution >= 4 is 0 Å². The summed E-state index contributed by atoms with van der Waals surface area (Å²) < 4.78 is 5.35. The summed E-state index contributed by atoms with van der Waals surface area (Å²) in [4.78, 5) is 4.50. The Morgan fingerprint density at radius 3 is 2.58 bits per heavy atom. The predicted octanol–water partition coefficient (Wildman–Crippen LogP) is 1.93. The van der Waals surface area contributed by atoms with Gasteiger partial charge in [-0.2, -0.15) is 4.98 Å². The smallest absolute Gasteiger partial charge is 0.258 e. The molecule has 1 saturated carbocycles. The molecule has 1 aromatic heterocycles.